The number of anilines is 1. The summed E-state index contributed by atoms with van der Waals surface area (Å²) in [5.74, 6) is -1.14. The predicted molar refractivity (Wildman–Crippen MR) is 125 cm³/mol. The topological polar surface area (TPSA) is 84.7 Å². The lowest BCUT2D eigenvalue weighted by atomic mass is 9.95. The van der Waals surface area contributed by atoms with Crippen molar-refractivity contribution in [2.24, 2.45) is 7.05 Å². The second-order valence-corrected chi connectivity index (χ2v) is 7.82. The molecular formula is C26H21N3O4. The van der Waals surface area contributed by atoms with Crippen molar-refractivity contribution < 1.29 is 19.4 Å². The van der Waals surface area contributed by atoms with Gasteiger partial charge in [0.15, 0.2) is 0 Å². The van der Waals surface area contributed by atoms with Crippen molar-refractivity contribution in [1.82, 2.24) is 9.55 Å². The first-order chi connectivity index (χ1) is 16.0. The molecule has 1 atom stereocenters. The summed E-state index contributed by atoms with van der Waals surface area (Å²) >= 11 is 0. The molecule has 2 aromatic carbocycles. The maximum Gasteiger partial charge on any atom is 0.300 e. The Morgan fingerprint density at radius 2 is 1.79 bits per heavy atom. The maximum absolute atomic E-state index is 13.3. The van der Waals surface area contributed by atoms with Crippen molar-refractivity contribution in [3.05, 3.63) is 96.0 Å². The molecule has 0 radical (unpaired) electrons. The Morgan fingerprint density at radius 1 is 1.03 bits per heavy atom. The van der Waals surface area contributed by atoms with Crippen LogP contribution in [0.15, 0.2) is 84.8 Å². The van der Waals surface area contributed by atoms with Gasteiger partial charge in [0.1, 0.15) is 11.5 Å². The number of amides is 1. The smallest absolute Gasteiger partial charge is 0.300 e. The van der Waals surface area contributed by atoms with Crippen LogP contribution in [0.1, 0.15) is 17.2 Å². The summed E-state index contributed by atoms with van der Waals surface area (Å²) in [7, 11) is 3.45. The number of pyridine rings is 1. The van der Waals surface area contributed by atoms with Gasteiger partial charge in [0, 0.05) is 59.4 Å². The fraction of sp³-hybridized carbons (Fsp3) is 0.115. The van der Waals surface area contributed by atoms with E-state index < -0.39 is 17.7 Å². The number of ether oxygens (including phenoxy) is 1. The molecule has 33 heavy (non-hydrogen) atoms. The fourth-order valence-corrected chi connectivity index (χ4v) is 4.41. The first-order valence-electron chi connectivity index (χ1n) is 10.4. The third kappa shape index (κ3) is 3.25. The molecule has 0 saturated carbocycles. The van der Waals surface area contributed by atoms with E-state index in [9.17, 15) is 14.7 Å². The Bertz CT molecular complexity index is 1420. The number of aromatic nitrogens is 2. The van der Waals surface area contributed by atoms with Crippen LogP contribution >= 0.6 is 0 Å². The number of aliphatic hydroxyl groups excluding tert-OH is 1. The van der Waals surface area contributed by atoms with Crippen LogP contribution in [-0.4, -0.2) is 33.5 Å². The summed E-state index contributed by atoms with van der Waals surface area (Å²) in [6.07, 6.45) is 4.95. The zero-order valence-corrected chi connectivity index (χ0v) is 18.1. The van der Waals surface area contributed by atoms with Gasteiger partial charge in [-0.2, -0.15) is 0 Å². The van der Waals surface area contributed by atoms with E-state index in [0.717, 1.165) is 16.5 Å². The Morgan fingerprint density at radius 3 is 2.55 bits per heavy atom. The number of carbonyl (C=O) groups excluding carboxylic acids is 2. The number of benzene rings is 2. The first kappa shape index (κ1) is 20.5. The van der Waals surface area contributed by atoms with Gasteiger partial charge in [0.2, 0.25) is 0 Å². The van der Waals surface area contributed by atoms with Gasteiger partial charge in [-0.3, -0.25) is 19.5 Å². The van der Waals surface area contributed by atoms with E-state index in [-0.39, 0.29) is 11.3 Å². The molecule has 164 valence electrons. The van der Waals surface area contributed by atoms with Gasteiger partial charge in [0.25, 0.3) is 11.7 Å². The number of Topliss-reactive ketones (excluding diaryl/α,β-unsaturated/α-hetero) is 1. The monoisotopic (exact) mass is 439 g/mol. The summed E-state index contributed by atoms with van der Waals surface area (Å²) in [4.78, 5) is 32.1. The standard InChI is InChI=1S/C26H21N3O4/c1-28-15-20(19-8-3-4-9-21(19)28)23-22(24(30)16-10-12-27-13-11-16)25(31)26(32)29(23)17-6-5-7-18(14-17)33-2/h3-15,23,30H,1-2H3/b24-22+. The number of hydrogen-bond donors (Lipinski definition) is 1. The van der Waals surface area contributed by atoms with Gasteiger partial charge in [-0.1, -0.05) is 24.3 Å². The van der Waals surface area contributed by atoms with Gasteiger partial charge >= 0.3 is 0 Å². The molecule has 7 nitrogen and oxygen atoms in total. The number of carbonyl (C=O) groups is 2. The van der Waals surface area contributed by atoms with E-state index >= 15 is 0 Å². The minimum absolute atomic E-state index is 0.0328. The van der Waals surface area contributed by atoms with Crippen LogP contribution in [0.3, 0.4) is 0 Å². The van der Waals surface area contributed by atoms with Gasteiger partial charge < -0.3 is 14.4 Å². The minimum atomic E-state index is -0.823. The van der Waals surface area contributed by atoms with E-state index in [0.29, 0.717) is 17.0 Å². The van der Waals surface area contributed by atoms with Crippen LogP contribution in [0.25, 0.3) is 16.7 Å². The molecule has 5 rings (SSSR count). The molecular weight excluding hydrogens is 418 g/mol. The summed E-state index contributed by atoms with van der Waals surface area (Å²) < 4.78 is 7.29. The summed E-state index contributed by atoms with van der Waals surface area (Å²) in [6.45, 7) is 0. The molecule has 1 fully saturated rings. The SMILES string of the molecule is COc1cccc(N2C(=O)C(=O)/C(=C(/O)c3ccncc3)C2c2cn(C)c3ccccc23)c1. The molecule has 1 aliphatic rings. The molecule has 1 unspecified atom stereocenters. The highest BCUT2D eigenvalue weighted by Gasteiger charge is 2.48. The molecule has 1 N–H and O–H groups in total. The summed E-state index contributed by atoms with van der Waals surface area (Å²) in [6, 6.07) is 17.1. The van der Waals surface area contributed by atoms with Gasteiger partial charge in [-0.15, -0.1) is 0 Å². The molecule has 4 aromatic rings. The number of para-hydroxylation sites is 1. The van der Waals surface area contributed by atoms with Gasteiger partial charge in [0.05, 0.1) is 18.7 Å². The van der Waals surface area contributed by atoms with E-state index in [4.69, 9.17) is 4.74 Å². The highest BCUT2D eigenvalue weighted by molar-refractivity contribution is 6.51. The Labute approximate surface area is 190 Å². The lowest BCUT2D eigenvalue weighted by Gasteiger charge is -2.25. The number of ketones is 1. The Balaban J connectivity index is 1.81. The van der Waals surface area contributed by atoms with Crippen molar-refractivity contribution in [1.29, 1.82) is 0 Å². The highest BCUT2D eigenvalue weighted by atomic mass is 16.5. The van der Waals surface area contributed by atoms with Crippen LogP contribution in [0.5, 0.6) is 5.75 Å². The number of nitrogens with zero attached hydrogens (tertiary/aromatic N) is 3. The van der Waals surface area contributed by atoms with E-state index in [1.165, 1.54) is 17.3 Å². The van der Waals surface area contributed by atoms with Crippen LogP contribution < -0.4 is 9.64 Å². The Hall–Kier alpha value is -4.39. The number of methoxy groups -OCH3 is 1. The molecule has 7 heteroatoms. The lowest BCUT2D eigenvalue weighted by molar-refractivity contribution is -0.132. The quantitative estimate of drug-likeness (QED) is 0.293. The fourth-order valence-electron chi connectivity index (χ4n) is 4.41. The zero-order valence-electron chi connectivity index (χ0n) is 18.1. The van der Waals surface area contributed by atoms with Crippen molar-refractivity contribution >= 4 is 34.0 Å². The van der Waals surface area contributed by atoms with Gasteiger partial charge in [-0.05, 0) is 30.3 Å². The molecule has 3 heterocycles. The Kier molecular flexibility index (Phi) is 4.94. The third-order valence-corrected chi connectivity index (χ3v) is 5.95. The van der Waals surface area contributed by atoms with Crippen molar-refractivity contribution in [2.75, 3.05) is 12.0 Å². The molecule has 2 aromatic heterocycles. The lowest BCUT2D eigenvalue weighted by Crippen LogP contribution is -2.29. The van der Waals surface area contributed by atoms with Crippen LogP contribution in [0.2, 0.25) is 0 Å². The van der Waals surface area contributed by atoms with Crippen molar-refractivity contribution in [3.63, 3.8) is 0 Å². The number of hydrogen-bond acceptors (Lipinski definition) is 5. The van der Waals surface area contributed by atoms with E-state index in [1.54, 1.807) is 43.5 Å². The van der Waals surface area contributed by atoms with E-state index in [1.807, 2.05) is 42.1 Å². The molecule has 1 aliphatic heterocycles. The maximum atomic E-state index is 13.3. The predicted octanol–water partition coefficient (Wildman–Crippen LogP) is 4.21. The normalized spacial score (nSPS) is 17.6. The van der Waals surface area contributed by atoms with Crippen LogP contribution in [0.4, 0.5) is 5.69 Å². The van der Waals surface area contributed by atoms with Gasteiger partial charge in [-0.25, -0.2) is 0 Å². The molecule has 1 saturated heterocycles. The second-order valence-electron chi connectivity index (χ2n) is 7.82. The average Bonchev–Trinajstić information content (AvgIpc) is 3.32. The zero-order chi connectivity index (χ0) is 23.1. The van der Waals surface area contributed by atoms with Crippen molar-refractivity contribution in [2.45, 2.75) is 6.04 Å². The minimum Gasteiger partial charge on any atom is -0.507 e. The highest BCUT2D eigenvalue weighted by Crippen LogP contribution is 2.45. The molecule has 0 aliphatic carbocycles. The second kappa shape index (κ2) is 7.94. The van der Waals surface area contributed by atoms with Crippen LogP contribution in [0, 0.1) is 0 Å². The number of aliphatic hydroxyl groups is 1. The largest absolute Gasteiger partial charge is 0.507 e. The van der Waals surface area contributed by atoms with Crippen LogP contribution in [-0.2, 0) is 16.6 Å². The number of aryl methyl sites for hydroxylation is 1. The third-order valence-electron chi connectivity index (χ3n) is 5.95. The molecule has 0 bridgehead atoms. The summed E-state index contributed by atoms with van der Waals surface area (Å²) in [5.41, 5.74) is 2.64. The molecule has 0 spiro atoms. The average molecular weight is 439 g/mol. The summed E-state index contributed by atoms with van der Waals surface area (Å²) in [5, 5.41) is 12.1. The van der Waals surface area contributed by atoms with Crippen molar-refractivity contribution in [3.8, 4) is 5.75 Å². The first-order valence-corrected chi connectivity index (χ1v) is 10.4. The number of fused-ring (bicyclic) bond motifs is 1. The number of rotatable bonds is 4. The van der Waals surface area contributed by atoms with E-state index in [2.05, 4.69) is 4.98 Å². The molecule has 1 amide bonds.